The molecular formula is C130H76N8. The Bertz CT molecular complexity index is 10300. The second-order valence-corrected chi connectivity index (χ2v) is 36.8. The van der Waals surface area contributed by atoms with Gasteiger partial charge in [-0.2, -0.15) is 0 Å². The summed E-state index contributed by atoms with van der Waals surface area (Å²) in [4.78, 5) is 21.1. The molecule has 636 valence electrons. The minimum absolute atomic E-state index is 0.685. The molecule has 3 aliphatic carbocycles. The lowest BCUT2D eigenvalue weighted by atomic mass is 9.90. The Hall–Kier alpha value is -18.5. The molecule has 8 heteroatoms. The molecule has 32 rings (SSSR count). The Morgan fingerprint density at radius 3 is 0.906 bits per heavy atom. The Labute approximate surface area is 791 Å². The van der Waals surface area contributed by atoms with Gasteiger partial charge in [0, 0.05) is 87.1 Å². The van der Waals surface area contributed by atoms with Crippen molar-refractivity contribution in [2.24, 2.45) is 0 Å². The van der Waals surface area contributed by atoms with Crippen molar-refractivity contribution < 1.29 is 0 Å². The van der Waals surface area contributed by atoms with Gasteiger partial charge in [0.1, 0.15) is 5.69 Å². The molecule has 0 aliphatic heterocycles. The SMILES string of the molecule is c1ccc(-c2nc(-n3c4cccc5c4c4c6c(cc7ccccc7c6ccc43)-c3ccccc3-5)nc3ccccc23)cc1.c1ccc(-c2nc3ccccc3nc2-n2c3cccc4c3c3c5c(cc6ccccc6c5ccc32)-c2ccccc2-4)cc1.c1ccc2c(c1)-c1cc3ccccc3c3ccc4c(c13)c1c-2cccc1n4-c1ccc(-c2ccc(-n3c4ccccc4c4ccccc43)cc2)cc1. The van der Waals surface area contributed by atoms with Crippen molar-refractivity contribution in [1.29, 1.82) is 0 Å². The number of rotatable bonds is 7. The summed E-state index contributed by atoms with van der Waals surface area (Å²) in [5.41, 5.74) is 36.1. The number of nitrogens with zero attached hydrogens (tertiary/aromatic N) is 8. The third-order valence-corrected chi connectivity index (χ3v) is 29.7. The molecule has 138 heavy (non-hydrogen) atoms. The zero-order valence-electron chi connectivity index (χ0n) is 74.5. The molecular weight excluding hydrogens is 1670 g/mol. The van der Waals surface area contributed by atoms with Crippen LogP contribution in [0.1, 0.15) is 0 Å². The topological polar surface area (TPSA) is 71.3 Å². The summed E-state index contributed by atoms with van der Waals surface area (Å²) in [6.07, 6.45) is 0. The van der Waals surface area contributed by atoms with Crippen molar-refractivity contribution in [2.45, 2.75) is 0 Å². The van der Waals surface area contributed by atoms with Gasteiger partial charge >= 0.3 is 0 Å². The molecule has 0 bridgehead atoms. The normalized spacial score (nSPS) is 12.2. The maximum absolute atomic E-state index is 5.34. The summed E-state index contributed by atoms with van der Waals surface area (Å²) in [7, 11) is 0. The molecule has 6 aromatic heterocycles. The smallest absolute Gasteiger partial charge is 0.235 e. The molecule has 0 unspecified atom stereocenters. The molecule has 0 saturated carbocycles. The molecule has 6 heterocycles. The fourth-order valence-corrected chi connectivity index (χ4v) is 23.9. The summed E-state index contributed by atoms with van der Waals surface area (Å²) >= 11 is 0. The van der Waals surface area contributed by atoms with Crippen LogP contribution in [0.3, 0.4) is 0 Å². The third-order valence-electron chi connectivity index (χ3n) is 29.7. The van der Waals surface area contributed by atoms with E-state index in [1.54, 1.807) is 0 Å². The molecule has 29 aromatic rings. The molecule has 0 radical (unpaired) electrons. The van der Waals surface area contributed by atoms with E-state index >= 15 is 0 Å². The van der Waals surface area contributed by atoms with E-state index in [1.165, 1.54) is 219 Å². The van der Waals surface area contributed by atoms with Gasteiger partial charge in [0.15, 0.2) is 5.82 Å². The van der Waals surface area contributed by atoms with Crippen LogP contribution in [0.5, 0.6) is 0 Å². The van der Waals surface area contributed by atoms with Gasteiger partial charge in [0.2, 0.25) is 5.95 Å². The molecule has 0 fully saturated rings. The van der Waals surface area contributed by atoms with Crippen molar-refractivity contribution in [2.75, 3.05) is 0 Å². The number of hydrogen-bond donors (Lipinski definition) is 0. The van der Waals surface area contributed by atoms with Crippen LogP contribution in [0.2, 0.25) is 0 Å². The van der Waals surface area contributed by atoms with Crippen LogP contribution in [-0.4, -0.2) is 38.2 Å². The number of benzene rings is 23. The van der Waals surface area contributed by atoms with Crippen LogP contribution in [0.15, 0.2) is 461 Å². The van der Waals surface area contributed by atoms with Gasteiger partial charge in [-0.05, 0) is 236 Å². The monoisotopic (exact) mass is 1750 g/mol. The molecule has 0 saturated heterocycles. The van der Waals surface area contributed by atoms with Crippen LogP contribution in [0.25, 0.3) is 297 Å². The second kappa shape index (κ2) is 29.5. The summed E-state index contributed by atoms with van der Waals surface area (Å²) in [6.45, 7) is 0. The lowest BCUT2D eigenvalue weighted by Crippen LogP contribution is -2.03. The molecule has 0 spiro atoms. The molecule has 8 nitrogen and oxygen atoms in total. The number of hydrogen-bond acceptors (Lipinski definition) is 4. The number of fused-ring (bicyclic) bond motifs is 20. The van der Waals surface area contributed by atoms with E-state index in [0.717, 1.165) is 72.3 Å². The zero-order valence-corrected chi connectivity index (χ0v) is 74.5. The predicted molar refractivity (Wildman–Crippen MR) is 578 cm³/mol. The van der Waals surface area contributed by atoms with E-state index in [1.807, 2.05) is 30.3 Å². The third kappa shape index (κ3) is 11.0. The first-order valence-corrected chi connectivity index (χ1v) is 47.4. The zero-order chi connectivity index (χ0) is 90.1. The summed E-state index contributed by atoms with van der Waals surface area (Å²) < 4.78 is 9.47. The van der Waals surface area contributed by atoms with Gasteiger partial charge in [-0.15, -0.1) is 0 Å². The Morgan fingerprint density at radius 1 is 0.145 bits per heavy atom. The minimum atomic E-state index is 0.685. The van der Waals surface area contributed by atoms with Crippen molar-refractivity contribution in [1.82, 2.24) is 38.2 Å². The van der Waals surface area contributed by atoms with E-state index in [0.29, 0.717) is 5.95 Å². The Balaban J connectivity index is 0.0000000984. The van der Waals surface area contributed by atoms with Crippen molar-refractivity contribution in [3.63, 3.8) is 0 Å². The molecule has 0 amide bonds. The van der Waals surface area contributed by atoms with Crippen LogP contribution in [0, 0.1) is 0 Å². The van der Waals surface area contributed by atoms with E-state index in [-0.39, 0.29) is 0 Å². The summed E-state index contributed by atoms with van der Waals surface area (Å²) in [5, 5.41) is 26.8. The van der Waals surface area contributed by atoms with Gasteiger partial charge in [-0.25, -0.2) is 19.9 Å². The van der Waals surface area contributed by atoms with Crippen LogP contribution in [-0.2, 0) is 0 Å². The first kappa shape index (κ1) is 76.1. The lowest BCUT2D eigenvalue weighted by molar-refractivity contribution is 1.01. The van der Waals surface area contributed by atoms with Crippen molar-refractivity contribution in [3.8, 4) is 124 Å². The molecule has 3 aliphatic rings. The molecule has 0 N–H and O–H groups in total. The van der Waals surface area contributed by atoms with E-state index in [9.17, 15) is 0 Å². The first-order valence-electron chi connectivity index (χ1n) is 47.4. The van der Waals surface area contributed by atoms with Gasteiger partial charge in [0.05, 0.1) is 66.4 Å². The van der Waals surface area contributed by atoms with Gasteiger partial charge in [-0.1, -0.05) is 352 Å². The standard InChI is InChI=1S/C50H30N2.2C40H23N3/c1-2-11-36-33(10-1)30-43-38-13-4-3-12-37(38)41-16-9-19-46-49(41)50-47(29-28-42(36)48(43)50)52(46)35-26-22-32(23-27-35)31-20-24-34(25-21-31)51-44-17-7-5-14-39(44)40-15-6-8-18-45(40)51;1-2-11-24(12-3-1)39-40(42-33-19-9-8-18-32(33)41-39)43-34-20-10-17-29-27-15-6-7-16-28(27)31-23-25-13-4-5-14-26(25)30-21-22-35(43)38(36(30)31)37(29)34;1-2-11-24(12-3-1)39-31-17-8-9-19-33(31)41-40(42-39)43-34-20-10-18-29-27-15-6-7-16-28(27)32-23-25-13-4-5-14-26(25)30-21-22-35(43)38(36(30)32)37(29)34/h1-30H;2*1-23H. The average Bonchev–Trinajstić information content (AvgIpc) is 1.55. The van der Waals surface area contributed by atoms with Crippen LogP contribution >= 0.6 is 0 Å². The number of aromatic nitrogens is 8. The predicted octanol–water partition coefficient (Wildman–Crippen LogP) is 34.2. The highest BCUT2D eigenvalue weighted by Gasteiger charge is 2.33. The largest absolute Gasteiger partial charge is 0.309 e. The van der Waals surface area contributed by atoms with E-state index in [2.05, 4.69) is 449 Å². The highest BCUT2D eigenvalue weighted by molar-refractivity contribution is 6.37. The fourth-order valence-electron chi connectivity index (χ4n) is 23.9. The van der Waals surface area contributed by atoms with Gasteiger partial charge in [-0.3, -0.25) is 9.13 Å². The maximum atomic E-state index is 5.34. The summed E-state index contributed by atoms with van der Waals surface area (Å²) in [6, 6.07) is 167. The first-order chi connectivity index (χ1) is 68.5. The van der Waals surface area contributed by atoms with Gasteiger partial charge in [0.25, 0.3) is 0 Å². The molecule has 0 atom stereocenters. The maximum Gasteiger partial charge on any atom is 0.235 e. The van der Waals surface area contributed by atoms with Crippen molar-refractivity contribution >= 4 is 174 Å². The second-order valence-electron chi connectivity index (χ2n) is 36.8. The van der Waals surface area contributed by atoms with E-state index in [4.69, 9.17) is 19.9 Å². The minimum Gasteiger partial charge on any atom is -0.309 e. The highest BCUT2D eigenvalue weighted by atomic mass is 15.2. The summed E-state index contributed by atoms with van der Waals surface area (Å²) in [5.74, 6) is 1.53. The Morgan fingerprint density at radius 2 is 0.457 bits per heavy atom. The highest BCUT2D eigenvalue weighted by Crippen LogP contribution is 2.57. The lowest BCUT2D eigenvalue weighted by Gasteiger charge is -2.16. The van der Waals surface area contributed by atoms with Gasteiger partial charge < -0.3 is 9.13 Å². The van der Waals surface area contributed by atoms with E-state index < -0.39 is 0 Å². The van der Waals surface area contributed by atoms with Crippen LogP contribution in [0.4, 0.5) is 0 Å². The average molecular weight is 1750 g/mol. The Kier molecular flexibility index (Phi) is 16.3. The van der Waals surface area contributed by atoms with Crippen molar-refractivity contribution in [3.05, 3.63) is 461 Å². The quantitative estimate of drug-likeness (QED) is 0.149. The van der Waals surface area contributed by atoms with Crippen LogP contribution < -0.4 is 0 Å². The molecule has 23 aromatic carbocycles. The number of para-hydroxylation sites is 5. The fraction of sp³-hybridized carbons (Fsp3) is 0.